The minimum absolute atomic E-state index is 0.110. The zero-order chi connectivity index (χ0) is 21.3. The summed E-state index contributed by atoms with van der Waals surface area (Å²) in [5.74, 6) is 0.490. The fraction of sp³-hybridized carbons (Fsp3) is 0.368. The van der Waals surface area contributed by atoms with E-state index in [4.69, 9.17) is 5.73 Å². The Balaban J connectivity index is 1.66. The molecule has 29 heavy (non-hydrogen) atoms. The van der Waals surface area contributed by atoms with Crippen LogP contribution in [0.3, 0.4) is 0 Å². The van der Waals surface area contributed by atoms with Crippen LogP contribution in [0.4, 0.5) is 5.95 Å². The lowest BCUT2D eigenvalue weighted by Crippen LogP contribution is -2.27. The van der Waals surface area contributed by atoms with E-state index in [0.29, 0.717) is 12.2 Å². The summed E-state index contributed by atoms with van der Waals surface area (Å²) in [5, 5.41) is 7.07. The molecule has 9 nitrogen and oxygen atoms in total. The number of nitrogens with one attached hydrogen (secondary N) is 1. The summed E-state index contributed by atoms with van der Waals surface area (Å²) in [7, 11) is -3.24. The molecule has 0 fully saturated rings. The van der Waals surface area contributed by atoms with Crippen molar-refractivity contribution in [3.8, 4) is 0 Å². The van der Waals surface area contributed by atoms with Crippen molar-refractivity contribution >= 4 is 27.5 Å². The highest BCUT2D eigenvalue weighted by molar-refractivity contribution is 7.90. The van der Waals surface area contributed by atoms with Gasteiger partial charge in [-0.25, -0.2) is 13.4 Å². The van der Waals surface area contributed by atoms with Crippen molar-refractivity contribution < 1.29 is 13.2 Å². The van der Waals surface area contributed by atoms with Gasteiger partial charge in [-0.05, 0) is 50.5 Å². The molecule has 1 unspecified atom stereocenters. The van der Waals surface area contributed by atoms with E-state index in [2.05, 4.69) is 20.4 Å². The first-order chi connectivity index (χ1) is 13.6. The molecule has 3 N–H and O–H groups in total. The Morgan fingerprint density at radius 2 is 1.86 bits per heavy atom. The van der Waals surface area contributed by atoms with Gasteiger partial charge in [-0.3, -0.25) is 4.79 Å². The summed E-state index contributed by atoms with van der Waals surface area (Å²) in [6.45, 7) is 5.63. The highest BCUT2D eigenvalue weighted by Crippen LogP contribution is 2.18. The number of nitrogens with two attached hydrogens (primary N) is 1. The predicted octanol–water partition coefficient (Wildman–Crippen LogP) is 1.54. The van der Waals surface area contributed by atoms with E-state index in [0.717, 1.165) is 28.8 Å². The summed E-state index contributed by atoms with van der Waals surface area (Å²) >= 11 is 0. The Labute approximate surface area is 169 Å². The Hall–Kier alpha value is -3.01. The van der Waals surface area contributed by atoms with Crippen molar-refractivity contribution in [1.82, 2.24) is 24.9 Å². The summed E-state index contributed by atoms with van der Waals surface area (Å²) in [6.07, 6.45) is 1.95. The molecule has 0 spiro atoms. The SMILES string of the molecule is Cc1nc2nc(N)nn2c(C)c1CCC(=O)NC(C)c1ccc(S(C)(=O)=O)cc1. The lowest BCUT2D eigenvalue weighted by molar-refractivity contribution is -0.121. The molecule has 0 bridgehead atoms. The number of nitrogen functional groups attached to an aromatic ring is 1. The third kappa shape index (κ3) is 4.53. The van der Waals surface area contributed by atoms with Crippen LogP contribution in [0, 0.1) is 13.8 Å². The second-order valence-corrected chi connectivity index (χ2v) is 9.09. The van der Waals surface area contributed by atoms with Crippen molar-refractivity contribution in [3.63, 3.8) is 0 Å². The van der Waals surface area contributed by atoms with E-state index in [1.165, 1.54) is 0 Å². The summed E-state index contributed by atoms with van der Waals surface area (Å²) in [6, 6.07) is 6.27. The molecule has 3 rings (SSSR count). The van der Waals surface area contributed by atoms with Gasteiger partial charge in [0.15, 0.2) is 9.84 Å². The molecular weight excluding hydrogens is 392 g/mol. The van der Waals surface area contributed by atoms with Crippen molar-refractivity contribution in [1.29, 1.82) is 0 Å². The highest BCUT2D eigenvalue weighted by atomic mass is 32.2. The number of hydrogen-bond acceptors (Lipinski definition) is 7. The maximum absolute atomic E-state index is 12.4. The largest absolute Gasteiger partial charge is 0.366 e. The molecule has 0 aliphatic carbocycles. The molecule has 2 heterocycles. The van der Waals surface area contributed by atoms with E-state index in [1.54, 1.807) is 28.8 Å². The number of amides is 1. The lowest BCUT2D eigenvalue weighted by Gasteiger charge is -2.15. The third-order valence-corrected chi connectivity index (χ3v) is 5.98. The molecule has 3 aromatic rings. The fourth-order valence-electron chi connectivity index (χ4n) is 3.22. The Kier molecular flexibility index (Phi) is 5.56. The second-order valence-electron chi connectivity index (χ2n) is 7.07. The number of hydrogen-bond donors (Lipinski definition) is 2. The van der Waals surface area contributed by atoms with Crippen LogP contribution in [0.2, 0.25) is 0 Å². The van der Waals surface area contributed by atoms with Gasteiger partial charge in [-0.1, -0.05) is 12.1 Å². The second kappa shape index (κ2) is 7.78. The molecule has 1 amide bonds. The van der Waals surface area contributed by atoms with Crippen LogP contribution in [-0.4, -0.2) is 40.2 Å². The van der Waals surface area contributed by atoms with E-state index in [9.17, 15) is 13.2 Å². The topological polar surface area (TPSA) is 132 Å². The summed E-state index contributed by atoms with van der Waals surface area (Å²) in [4.78, 5) is 21.2. The van der Waals surface area contributed by atoms with Gasteiger partial charge >= 0.3 is 0 Å². The van der Waals surface area contributed by atoms with Gasteiger partial charge in [-0.2, -0.15) is 9.50 Å². The Bertz CT molecular complexity index is 1170. The normalized spacial score (nSPS) is 12.8. The van der Waals surface area contributed by atoms with Crippen LogP contribution in [-0.2, 0) is 21.1 Å². The number of aryl methyl sites for hydroxylation is 2. The van der Waals surface area contributed by atoms with Crippen molar-refractivity contribution in [3.05, 3.63) is 46.8 Å². The van der Waals surface area contributed by atoms with Crippen LogP contribution < -0.4 is 11.1 Å². The first kappa shape index (κ1) is 20.7. The number of sulfone groups is 1. The number of benzene rings is 1. The number of nitrogens with zero attached hydrogens (tertiary/aromatic N) is 4. The van der Waals surface area contributed by atoms with Crippen LogP contribution in [0.25, 0.3) is 5.78 Å². The summed E-state index contributed by atoms with van der Waals surface area (Å²) < 4.78 is 24.7. The van der Waals surface area contributed by atoms with Crippen molar-refractivity contribution in [2.24, 2.45) is 0 Å². The van der Waals surface area contributed by atoms with Gasteiger partial charge in [0, 0.05) is 24.1 Å². The number of rotatable bonds is 6. The molecule has 154 valence electrons. The van der Waals surface area contributed by atoms with Gasteiger partial charge in [0.05, 0.1) is 10.9 Å². The minimum Gasteiger partial charge on any atom is -0.366 e. The highest BCUT2D eigenvalue weighted by Gasteiger charge is 2.16. The van der Waals surface area contributed by atoms with Gasteiger partial charge in [0.1, 0.15) is 0 Å². The van der Waals surface area contributed by atoms with E-state index in [1.807, 2.05) is 20.8 Å². The molecule has 0 saturated carbocycles. The molecule has 1 atom stereocenters. The number of carbonyl (C=O) groups excluding carboxylic acids is 1. The number of aromatic nitrogens is 4. The Morgan fingerprint density at radius 1 is 1.21 bits per heavy atom. The first-order valence-electron chi connectivity index (χ1n) is 9.14. The molecule has 0 saturated heterocycles. The molecule has 1 aromatic carbocycles. The molecule has 2 aromatic heterocycles. The van der Waals surface area contributed by atoms with Gasteiger partial charge in [0.25, 0.3) is 5.78 Å². The fourth-order valence-corrected chi connectivity index (χ4v) is 3.86. The standard InChI is InChI=1S/C19H24N6O3S/c1-11(14-5-7-15(8-6-14)29(4,27)28)21-17(26)10-9-16-12(2)22-19-23-18(20)24-25(19)13(16)3/h5-8,11H,9-10H2,1-4H3,(H2,20,24)(H,21,26). The average Bonchev–Trinajstić information content (AvgIpc) is 3.01. The zero-order valence-electron chi connectivity index (χ0n) is 16.8. The van der Waals surface area contributed by atoms with E-state index >= 15 is 0 Å². The number of carbonyl (C=O) groups is 1. The van der Waals surface area contributed by atoms with Gasteiger partial charge in [-0.15, -0.1) is 5.10 Å². The predicted molar refractivity (Wildman–Crippen MR) is 109 cm³/mol. The van der Waals surface area contributed by atoms with Crippen LogP contribution in [0.15, 0.2) is 29.2 Å². The molecular formula is C19H24N6O3S. The molecule has 10 heteroatoms. The summed E-state index contributed by atoms with van der Waals surface area (Å²) in [5.41, 5.74) is 9.06. The smallest absolute Gasteiger partial charge is 0.254 e. The lowest BCUT2D eigenvalue weighted by atomic mass is 10.1. The zero-order valence-corrected chi connectivity index (χ0v) is 17.6. The van der Waals surface area contributed by atoms with Crippen molar-refractivity contribution in [2.75, 3.05) is 12.0 Å². The maximum Gasteiger partial charge on any atom is 0.254 e. The average molecular weight is 417 g/mol. The van der Waals surface area contributed by atoms with Crippen LogP contribution in [0.1, 0.15) is 41.9 Å². The number of anilines is 1. The van der Waals surface area contributed by atoms with Crippen LogP contribution >= 0.6 is 0 Å². The van der Waals surface area contributed by atoms with Crippen molar-refractivity contribution in [2.45, 2.75) is 44.6 Å². The Morgan fingerprint density at radius 3 is 2.48 bits per heavy atom. The molecule has 0 radical (unpaired) electrons. The maximum atomic E-state index is 12.4. The minimum atomic E-state index is -3.24. The molecule has 0 aliphatic heterocycles. The van der Waals surface area contributed by atoms with Gasteiger partial charge in [0.2, 0.25) is 11.9 Å². The van der Waals surface area contributed by atoms with E-state index in [-0.39, 0.29) is 29.2 Å². The quantitative estimate of drug-likeness (QED) is 0.623. The van der Waals surface area contributed by atoms with E-state index < -0.39 is 9.84 Å². The number of fused-ring (bicyclic) bond motifs is 1. The first-order valence-corrected chi connectivity index (χ1v) is 11.0. The van der Waals surface area contributed by atoms with Crippen LogP contribution in [0.5, 0.6) is 0 Å². The third-order valence-electron chi connectivity index (χ3n) is 4.85. The monoisotopic (exact) mass is 416 g/mol. The van der Waals surface area contributed by atoms with Gasteiger partial charge < -0.3 is 11.1 Å². The molecule has 0 aliphatic rings.